The lowest BCUT2D eigenvalue weighted by Gasteiger charge is -2.31. The molecule has 60 valence electrons. The third-order valence-corrected chi connectivity index (χ3v) is 2.88. The molecule has 0 spiro atoms. The minimum absolute atomic E-state index is 0.338. The fourth-order valence-corrected chi connectivity index (χ4v) is 1.56. The van der Waals surface area contributed by atoms with Gasteiger partial charge in [0.25, 0.3) is 0 Å². The van der Waals surface area contributed by atoms with Crippen LogP contribution in [0, 0.1) is 0 Å². The Labute approximate surface area is 73.2 Å². The van der Waals surface area contributed by atoms with E-state index in [0.29, 0.717) is 5.37 Å². The molecule has 1 fully saturated rings. The largest absolute Gasteiger partial charge is 0.314 e. The van der Waals surface area contributed by atoms with Crippen molar-refractivity contribution < 1.29 is 0 Å². The Hall–Kier alpha value is 0.620. The summed E-state index contributed by atoms with van der Waals surface area (Å²) >= 11 is 8.58. The lowest BCUT2D eigenvalue weighted by Crippen LogP contribution is -2.47. The molecule has 0 radical (unpaired) electrons. The second-order valence-corrected chi connectivity index (χ2v) is 3.41. The van der Waals surface area contributed by atoms with Crippen LogP contribution in [0.4, 0.5) is 0 Å². The Kier molecular flexibility index (Phi) is 3.91. The Morgan fingerprint density at radius 2 is 2.00 bits per heavy atom. The van der Waals surface area contributed by atoms with Gasteiger partial charge in [-0.15, -0.1) is 0 Å². The standard InChI is InChI=1S/C6H14N2S2/c9-5-6(10)8-3-1-7-2-4-8/h6-7,9-10H,1-5H2. The fraction of sp³-hybridized carbons (Fsp3) is 1.00. The first-order valence-electron chi connectivity index (χ1n) is 3.58. The van der Waals surface area contributed by atoms with E-state index < -0.39 is 0 Å². The molecule has 0 aliphatic carbocycles. The predicted octanol–water partition coefficient (Wildman–Crippen LogP) is 0.0773. The highest BCUT2D eigenvalue weighted by atomic mass is 32.1. The van der Waals surface area contributed by atoms with Crippen molar-refractivity contribution in [1.29, 1.82) is 0 Å². The molecule has 0 bridgehead atoms. The van der Waals surface area contributed by atoms with Crippen LogP contribution in [0.15, 0.2) is 0 Å². The van der Waals surface area contributed by atoms with Crippen LogP contribution in [0.1, 0.15) is 0 Å². The van der Waals surface area contributed by atoms with Crippen LogP contribution in [0.2, 0.25) is 0 Å². The third kappa shape index (κ3) is 2.34. The molecule has 1 unspecified atom stereocenters. The topological polar surface area (TPSA) is 15.3 Å². The zero-order chi connectivity index (χ0) is 7.40. The van der Waals surface area contributed by atoms with E-state index >= 15 is 0 Å². The molecule has 2 nitrogen and oxygen atoms in total. The first kappa shape index (κ1) is 8.71. The number of nitrogens with one attached hydrogen (secondary N) is 1. The number of thiol groups is 2. The van der Waals surface area contributed by atoms with Crippen molar-refractivity contribution in [2.75, 3.05) is 31.9 Å². The molecule has 1 aliphatic rings. The van der Waals surface area contributed by atoms with E-state index in [1.807, 2.05) is 0 Å². The van der Waals surface area contributed by atoms with Gasteiger partial charge in [0.15, 0.2) is 0 Å². The van der Waals surface area contributed by atoms with Crippen molar-refractivity contribution in [2.24, 2.45) is 0 Å². The molecule has 1 atom stereocenters. The van der Waals surface area contributed by atoms with Crippen molar-refractivity contribution in [3.63, 3.8) is 0 Å². The van der Waals surface area contributed by atoms with Gasteiger partial charge in [0.2, 0.25) is 0 Å². The van der Waals surface area contributed by atoms with Crippen molar-refractivity contribution in [3.8, 4) is 0 Å². The molecule has 0 saturated carbocycles. The first-order valence-corrected chi connectivity index (χ1v) is 4.73. The maximum atomic E-state index is 4.39. The van der Waals surface area contributed by atoms with Crippen molar-refractivity contribution in [3.05, 3.63) is 0 Å². The molecule has 1 heterocycles. The molecule has 0 aromatic carbocycles. The predicted molar refractivity (Wildman–Crippen MR) is 51.1 cm³/mol. The van der Waals surface area contributed by atoms with E-state index in [1.165, 1.54) is 0 Å². The minimum Gasteiger partial charge on any atom is -0.314 e. The van der Waals surface area contributed by atoms with E-state index in [-0.39, 0.29) is 0 Å². The highest BCUT2D eigenvalue weighted by molar-refractivity contribution is 7.84. The molecule has 1 aliphatic heterocycles. The molecule has 0 aromatic rings. The summed E-state index contributed by atoms with van der Waals surface area (Å²) in [5, 5.41) is 3.63. The summed E-state index contributed by atoms with van der Waals surface area (Å²) in [4.78, 5) is 2.34. The average Bonchev–Trinajstić information content (AvgIpc) is 2.05. The van der Waals surface area contributed by atoms with Crippen LogP contribution in [-0.2, 0) is 0 Å². The van der Waals surface area contributed by atoms with Gasteiger partial charge in [0.05, 0.1) is 5.37 Å². The Balaban J connectivity index is 2.24. The van der Waals surface area contributed by atoms with Gasteiger partial charge < -0.3 is 5.32 Å². The summed E-state index contributed by atoms with van der Waals surface area (Å²) in [6, 6.07) is 0. The molecule has 1 saturated heterocycles. The van der Waals surface area contributed by atoms with E-state index in [9.17, 15) is 0 Å². The molecule has 10 heavy (non-hydrogen) atoms. The first-order chi connectivity index (χ1) is 4.84. The smallest absolute Gasteiger partial charge is 0.0617 e. The SMILES string of the molecule is SCC(S)N1CCNCC1. The second-order valence-electron chi connectivity index (χ2n) is 2.45. The Morgan fingerprint density at radius 3 is 2.50 bits per heavy atom. The monoisotopic (exact) mass is 178 g/mol. The molecular formula is C6H14N2S2. The van der Waals surface area contributed by atoms with Crippen LogP contribution in [0.5, 0.6) is 0 Å². The summed E-state index contributed by atoms with van der Waals surface area (Å²) < 4.78 is 0. The van der Waals surface area contributed by atoms with Gasteiger partial charge in [0, 0.05) is 31.9 Å². The maximum Gasteiger partial charge on any atom is 0.0617 e. The van der Waals surface area contributed by atoms with Crippen LogP contribution in [-0.4, -0.2) is 42.2 Å². The molecule has 0 amide bonds. The van der Waals surface area contributed by atoms with E-state index in [1.54, 1.807) is 0 Å². The molecule has 0 aromatic heterocycles. The summed E-state index contributed by atoms with van der Waals surface area (Å²) in [6.07, 6.45) is 0. The minimum atomic E-state index is 0.338. The summed E-state index contributed by atoms with van der Waals surface area (Å²) in [5.41, 5.74) is 0. The molecule has 1 rings (SSSR count). The van der Waals surface area contributed by atoms with Gasteiger partial charge in [-0.3, -0.25) is 4.90 Å². The summed E-state index contributed by atoms with van der Waals surface area (Å²) in [6.45, 7) is 4.39. The van der Waals surface area contributed by atoms with Gasteiger partial charge >= 0.3 is 0 Å². The van der Waals surface area contributed by atoms with Crippen molar-refractivity contribution in [2.45, 2.75) is 5.37 Å². The summed E-state index contributed by atoms with van der Waals surface area (Å²) in [5.74, 6) is 0.836. The average molecular weight is 178 g/mol. The van der Waals surface area contributed by atoms with E-state index in [2.05, 4.69) is 35.5 Å². The zero-order valence-electron chi connectivity index (χ0n) is 5.95. The molecule has 1 N–H and O–H groups in total. The third-order valence-electron chi connectivity index (χ3n) is 1.74. The van der Waals surface area contributed by atoms with Crippen LogP contribution >= 0.6 is 25.3 Å². The highest BCUT2D eigenvalue weighted by Crippen LogP contribution is 2.06. The summed E-state index contributed by atoms with van der Waals surface area (Å²) in [7, 11) is 0. The Morgan fingerprint density at radius 1 is 1.40 bits per heavy atom. The van der Waals surface area contributed by atoms with Crippen molar-refractivity contribution in [1.82, 2.24) is 10.2 Å². The van der Waals surface area contributed by atoms with E-state index in [0.717, 1.165) is 31.9 Å². The quantitative estimate of drug-likeness (QED) is 0.519. The van der Waals surface area contributed by atoms with Gasteiger partial charge in [-0.1, -0.05) is 0 Å². The lowest BCUT2D eigenvalue weighted by atomic mass is 10.4. The number of hydrogen-bond donors (Lipinski definition) is 3. The van der Waals surface area contributed by atoms with Gasteiger partial charge in [0.1, 0.15) is 0 Å². The number of nitrogens with zero attached hydrogens (tertiary/aromatic N) is 1. The highest BCUT2D eigenvalue weighted by Gasteiger charge is 2.14. The van der Waals surface area contributed by atoms with Gasteiger partial charge in [-0.2, -0.15) is 25.3 Å². The van der Waals surface area contributed by atoms with Crippen molar-refractivity contribution >= 4 is 25.3 Å². The second kappa shape index (κ2) is 4.49. The maximum absolute atomic E-state index is 4.39. The lowest BCUT2D eigenvalue weighted by molar-refractivity contribution is 0.238. The van der Waals surface area contributed by atoms with Gasteiger partial charge in [-0.25, -0.2) is 0 Å². The molecule has 4 heteroatoms. The zero-order valence-corrected chi connectivity index (χ0v) is 7.74. The fourth-order valence-electron chi connectivity index (χ4n) is 1.10. The normalized spacial score (nSPS) is 24.6. The number of rotatable bonds is 2. The van der Waals surface area contributed by atoms with Crippen LogP contribution < -0.4 is 5.32 Å². The van der Waals surface area contributed by atoms with Gasteiger partial charge in [-0.05, 0) is 0 Å². The van der Waals surface area contributed by atoms with E-state index in [4.69, 9.17) is 0 Å². The Bertz CT molecular complexity index is 93.7. The van der Waals surface area contributed by atoms with Crippen LogP contribution in [0.3, 0.4) is 0 Å². The molecular weight excluding hydrogens is 164 g/mol. The van der Waals surface area contributed by atoms with Crippen LogP contribution in [0.25, 0.3) is 0 Å². The number of piperazine rings is 1. The number of hydrogen-bond acceptors (Lipinski definition) is 4.